The van der Waals surface area contributed by atoms with E-state index in [1.807, 2.05) is 0 Å². The van der Waals surface area contributed by atoms with Crippen LogP contribution >= 0.6 is 0 Å². The first kappa shape index (κ1) is 8.87. The van der Waals surface area contributed by atoms with Crippen molar-refractivity contribution in [2.24, 2.45) is 4.99 Å². The number of carbonyl (C=O) groups excluding carboxylic acids is 1. The minimum Gasteiger partial charge on any atom is -0.407 e. The van der Waals surface area contributed by atoms with Gasteiger partial charge in [0.25, 0.3) is 0 Å². The van der Waals surface area contributed by atoms with Gasteiger partial charge in [-0.25, -0.2) is 4.39 Å². The van der Waals surface area contributed by atoms with E-state index in [1.54, 1.807) is 12.1 Å². The number of hydrogen-bond acceptors (Lipinski definition) is 3. The summed E-state index contributed by atoms with van der Waals surface area (Å²) < 4.78 is 17.7. The molecule has 0 bridgehead atoms. The Morgan fingerprint density at radius 1 is 1.43 bits per heavy atom. The summed E-state index contributed by atoms with van der Waals surface area (Å²) >= 11 is 0. The number of rotatable bonds is 1. The predicted molar refractivity (Wildman–Crippen MR) is 48.5 cm³/mol. The number of cyclic esters (lactones) is 1. The fourth-order valence-electron chi connectivity index (χ4n) is 1.21. The number of benzene rings is 1. The molecule has 1 aliphatic rings. The Labute approximate surface area is 80.2 Å². The smallest absolute Gasteiger partial charge is 0.314 e. The van der Waals surface area contributed by atoms with E-state index in [0.29, 0.717) is 18.5 Å². The first-order valence-electron chi connectivity index (χ1n) is 4.27. The summed E-state index contributed by atoms with van der Waals surface area (Å²) in [6, 6.07) is 5.82. The SMILES string of the molecule is O=C1CCN=C(c2cccc(F)c2)O1. The molecular weight excluding hydrogens is 185 g/mol. The van der Waals surface area contributed by atoms with Gasteiger partial charge in [0, 0.05) is 5.56 Å². The maximum atomic E-state index is 12.8. The van der Waals surface area contributed by atoms with Gasteiger partial charge in [-0.05, 0) is 18.2 Å². The third-order valence-corrected chi connectivity index (χ3v) is 1.85. The maximum absolute atomic E-state index is 12.8. The van der Waals surface area contributed by atoms with Gasteiger partial charge >= 0.3 is 5.97 Å². The summed E-state index contributed by atoms with van der Waals surface area (Å²) in [4.78, 5) is 14.9. The van der Waals surface area contributed by atoms with E-state index in [-0.39, 0.29) is 17.7 Å². The van der Waals surface area contributed by atoms with Crippen molar-refractivity contribution >= 4 is 11.9 Å². The van der Waals surface area contributed by atoms with Crippen molar-refractivity contribution < 1.29 is 13.9 Å². The van der Waals surface area contributed by atoms with E-state index >= 15 is 0 Å². The lowest BCUT2D eigenvalue weighted by molar-refractivity contribution is -0.135. The minimum atomic E-state index is -0.369. The molecule has 0 radical (unpaired) electrons. The molecule has 14 heavy (non-hydrogen) atoms. The fraction of sp³-hybridized carbons (Fsp3) is 0.200. The average molecular weight is 193 g/mol. The summed E-state index contributed by atoms with van der Waals surface area (Å²) in [5.74, 6) is -0.480. The van der Waals surface area contributed by atoms with Crippen molar-refractivity contribution in [2.75, 3.05) is 6.54 Å². The van der Waals surface area contributed by atoms with E-state index in [2.05, 4.69) is 4.99 Å². The molecule has 0 N–H and O–H groups in total. The first-order chi connectivity index (χ1) is 6.75. The third-order valence-electron chi connectivity index (χ3n) is 1.85. The summed E-state index contributed by atoms with van der Waals surface area (Å²) in [7, 11) is 0. The van der Waals surface area contributed by atoms with Gasteiger partial charge in [-0.1, -0.05) is 6.07 Å². The van der Waals surface area contributed by atoms with Crippen LogP contribution in [0.5, 0.6) is 0 Å². The highest BCUT2D eigenvalue weighted by Crippen LogP contribution is 2.10. The lowest BCUT2D eigenvalue weighted by Gasteiger charge is -2.11. The molecule has 72 valence electrons. The molecule has 0 atom stereocenters. The summed E-state index contributed by atoms with van der Waals surface area (Å²) in [5, 5.41) is 0. The summed E-state index contributed by atoms with van der Waals surface area (Å²) in [6.07, 6.45) is 0.290. The number of ether oxygens (including phenoxy) is 1. The highest BCUT2D eigenvalue weighted by atomic mass is 19.1. The van der Waals surface area contributed by atoms with Crippen LogP contribution in [0.15, 0.2) is 29.3 Å². The third kappa shape index (κ3) is 1.79. The Kier molecular flexibility index (Phi) is 2.26. The second-order valence-electron chi connectivity index (χ2n) is 2.92. The number of carbonyl (C=O) groups is 1. The molecule has 0 aromatic heterocycles. The molecule has 0 fully saturated rings. The fourth-order valence-corrected chi connectivity index (χ4v) is 1.21. The highest BCUT2D eigenvalue weighted by molar-refractivity contribution is 6.01. The van der Waals surface area contributed by atoms with E-state index in [1.165, 1.54) is 12.1 Å². The number of halogens is 1. The second kappa shape index (κ2) is 3.57. The van der Waals surface area contributed by atoms with Crippen molar-refractivity contribution in [1.82, 2.24) is 0 Å². The zero-order valence-corrected chi connectivity index (χ0v) is 7.37. The Hall–Kier alpha value is -1.71. The van der Waals surface area contributed by atoms with E-state index in [0.717, 1.165) is 0 Å². The zero-order chi connectivity index (χ0) is 9.97. The standard InChI is InChI=1S/C10H8FNO2/c11-8-3-1-2-7(6-8)10-12-5-4-9(13)14-10/h1-3,6H,4-5H2. The molecule has 4 heteroatoms. The number of esters is 1. The normalized spacial score (nSPS) is 16.1. The molecule has 0 saturated carbocycles. The van der Waals surface area contributed by atoms with Gasteiger partial charge in [0.05, 0.1) is 13.0 Å². The second-order valence-corrected chi connectivity index (χ2v) is 2.92. The van der Waals surface area contributed by atoms with Gasteiger partial charge in [0.1, 0.15) is 5.82 Å². The van der Waals surface area contributed by atoms with Gasteiger partial charge in [-0.2, -0.15) is 0 Å². The van der Waals surface area contributed by atoms with Gasteiger partial charge in [0.2, 0.25) is 5.90 Å². The molecule has 0 aliphatic carbocycles. The van der Waals surface area contributed by atoms with Crippen molar-refractivity contribution in [3.63, 3.8) is 0 Å². The molecule has 0 spiro atoms. The van der Waals surface area contributed by atoms with Gasteiger partial charge in [-0.3, -0.25) is 9.79 Å². The monoisotopic (exact) mass is 193 g/mol. The van der Waals surface area contributed by atoms with Crippen LogP contribution in [0.3, 0.4) is 0 Å². The molecule has 3 nitrogen and oxygen atoms in total. The average Bonchev–Trinajstić information content (AvgIpc) is 2.18. The van der Waals surface area contributed by atoms with Crippen molar-refractivity contribution in [3.05, 3.63) is 35.6 Å². The molecule has 2 rings (SSSR count). The van der Waals surface area contributed by atoms with Gasteiger partial charge in [0.15, 0.2) is 0 Å². The van der Waals surface area contributed by atoms with E-state index < -0.39 is 0 Å². The Morgan fingerprint density at radius 2 is 2.29 bits per heavy atom. The Balaban J connectivity index is 2.31. The van der Waals surface area contributed by atoms with Crippen LogP contribution in [0.4, 0.5) is 4.39 Å². The maximum Gasteiger partial charge on any atom is 0.314 e. The van der Waals surface area contributed by atoms with Crippen LogP contribution in [0.1, 0.15) is 12.0 Å². The Morgan fingerprint density at radius 3 is 3.00 bits per heavy atom. The van der Waals surface area contributed by atoms with Crippen LogP contribution in [0.2, 0.25) is 0 Å². The van der Waals surface area contributed by atoms with Crippen LogP contribution < -0.4 is 0 Å². The quantitative estimate of drug-likeness (QED) is 0.634. The van der Waals surface area contributed by atoms with E-state index in [4.69, 9.17) is 4.74 Å². The molecule has 1 aromatic rings. The van der Waals surface area contributed by atoms with Gasteiger partial charge in [-0.15, -0.1) is 0 Å². The molecule has 0 unspecified atom stereocenters. The molecule has 0 saturated heterocycles. The largest absolute Gasteiger partial charge is 0.407 e. The van der Waals surface area contributed by atoms with Crippen molar-refractivity contribution in [2.45, 2.75) is 6.42 Å². The number of nitrogens with zero attached hydrogens (tertiary/aromatic N) is 1. The molecule has 1 aromatic carbocycles. The van der Waals surface area contributed by atoms with Crippen LogP contribution in [-0.2, 0) is 9.53 Å². The van der Waals surface area contributed by atoms with Crippen LogP contribution in [0, 0.1) is 5.82 Å². The summed E-state index contributed by atoms with van der Waals surface area (Å²) in [5.41, 5.74) is 0.498. The highest BCUT2D eigenvalue weighted by Gasteiger charge is 2.15. The number of aliphatic imine (C=N–C) groups is 1. The molecule has 1 aliphatic heterocycles. The number of hydrogen-bond donors (Lipinski definition) is 0. The Bertz CT molecular complexity index is 401. The minimum absolute atomic E-state index is 0.209. The van der Waals surface area contributed by atoms with Crippen molar-refractivity contribution in [3.8, 4) is 0 Å². The van der Waals surface area contributed by atoms with Crippen molar-refractivity contribution in [1.29, 1.82) is 0 Å². The zero-order valence-electron chi connectivity index (χ0n) is 7.37. The van der Waals surface area contributed by atoms with Crippen LogP contribution in [0.25, 0.3) is 0 Å². The van der Waals surface area contributed by atoms with Crippen LogP contribution in [-0.4, -0.2) is 18.4 Å². The molecular formula is C10H8FNO2. The van der Waals surface area contributed by atoms with E-state index in [9.17, 15) is 9.18 Å². The molecule has 0 amide bonds. The first-order valence-corrected chi connectivity index (χ1v) is 4.27. The van der Waals surface area contributed by atoms with Gasteiger partial charge < -0.3 is 4.74 Å². The topological polar surface area (TPSA) is 38.7 Å². The summed E-state index contributed by atoms with van der Waals surface area (Å²) in [6.45, 7) is 0.407. The predicted octanol–water partition coefficient (Wildman–Crippen LogP) is 1.52. The lowest BCUT2D eigenvalue weighted by Crippen LogP contribution is -2.19. The lowest BCUT2D eigenvalue weighted by atomic mass is 10.2. The molecule has 1 heterocycles.